The maximum absolute atomic E-state index is 11.6. The maximum Gasteiger partial charge on any atom is 0.358 e. The molecular weight excluding hydrogens is 246 g/mol. The predicted molar refractivity (Wildman–Crippen MR) is 71.0 cm³/mol. The first-order valence-electron chi connectivity index (χ1n) is 6.49. The highest BCUT2D eigenvalue weighted by Gasteiger charge is 2.14. The molecule has 0 aliphatic carbocycles. The first-order valence-corrected chi connectivity index (χ1v) is 6.49. The average Bonchev–Trinajstić information content (AvgIpc) is 2.39. The zero-order valence-electron chi connectivity index (χ0n) is 11.1. The van der Waals surface area contributed by atoms with E-state index in [1.54, 1.807) is 0 Å². The predicted octanol–water partition coefficient (Wildman–Crippen LogP) is 2.47. The Morgan fingerprint density at radius 2 is 1.84 bits per heavy atom. The number of nitrogens with one attached hydrogen (secondary N) is 1. The van der Waals surface area contributed by atoms with Crippen LogP contribution in [-0.2, 0) is 4.79 Å². The van der Waals surface area contributed by atoms with Gasteiger partial charge in [-0.1, -0.05) is 32.6 Å². The van der Waals surface area contributed by atoms with Crippen molar-refractivity contribution in [3.05, 3.63) is 18.1 Å². The number of carbonyl (C=O) groups excluding carboxylic acids is 1. The molecule has 0 saturated carbocycles. The van der Waals surface area contributed by atoms with Crippen LogP contribution in [0.5, 0.6) is 0 Å². The Bertz CT molecular complexity index is 435. The number of carbonyl (C=O) groups is 2. The molecule has 0 fully saturated rings. The van der Waals surface area contributed by atoms with E-state index in [-0.39, 0.29) is 17.4 Å². The molecule has 0 bridgehead atoms. The van der Waals surface area contributed by atoms with Crippen LogP contribution >= 0.6 is 0 Å². The van der Waals surface area contributed by atoms with E-state index in [2.05, 4.69) is 22.2 Å². The van der Waals surface area contributed by atoms with Crippen LogP contribution < -0.4 is 5.32 Å². The van der Waals surface area contributed by atoms with Gasteiger partial charge in [-0.3, -0.25) is 4.79 Å². The molecule has 0 aliphatic heterocycles. The monoisotopic (exact) mass is 265 g/mol. The van der Waals surface area contributed by atoms with Gasteiger partial charge in [-0.05, 0) is 6.42 Å². The van der Waals surface area contributed by atoms with Crippen LogP contribution in [0.25, 0.3) is 0 Å². The Labute approximate surface area is 112 Å². The summed E-state index contributed by atoms with van der Waals surface area (Å²) in [5.74, 6) is -1.42. The van der Waals surface area contributed by atoms with Crippen molar-refractivity contribution in [3.8, 4) is 0 Å². The molecule has 2 N–H and O–H groups in total. The summed E-state index contributed by atoms with van der Waals surface area (Å²) in [7, 11) is 0. The highest BCUT2D eigenvalue weighted by Crippen LogP contribution is 2.10. The molecule has 6 heteroatoms. The van der Waals surface area contributed by atoms with Gasteiger partial charge in [0.2, 0.25) is 5.91 Å². The Hall–Kier alpha value is -1.98. The molecule has 104 valence electrons. The number of anilines is 1. The van der Waals surface area contributed by atoms with Gasteiger partial charge in [0, 0.05) is 18.8 Å². The lowest BCUT2D eigenvalue weighted by molar-refractivity contribution is -0.116. The van der Waals surface area contributed by atoms with Crippen molar-refractivity contribution in [3.63, 3.8) is 0 Å². The summed E-state index contributed by atoms with van der Waals surface area (Å²) in [4.78, 5) is 30.0. The zero-order chi connectivity index (χ0) is 14.1. The molecule has 0 aromatic carbocycles. The van der Waals surface area contributed by atoms with Gasteiger partial charge in [-0.2, -0.15) is 0 Å². The minimum Gasteiger partial charge on any atom is -0.476 e. The maximum atomic E-state index is 11.6. The SMILES string of the molecule is CCCCCCCC(=O)Nc1nccnc1C(=O)O. The third-order valence-corrected chi connectivity index (χ3v) is 2.67. The van der Waals surface area contributed by atoms with E-state index in [0.29, 0.717) is 6.42 Å². The van der Waals surface area contributed by atoms with Crippen LogP contribution in [0, 0.1) is 0 Å². The lowest BCUT2D eigenvalue weighted by Crippen LogP contribution is -2.16. The van der Waals surface area contributed by atoms with Crippen LogP contribution in [0.4, 0.5) is 5.82 Å². The fraction of sp³-hybridized carbons (Fsp3) is 0.538. The van der Waals surface area contributed by atoms with Crippen LogP contribution in [0.1, 0.15) is 55.9 Å². The van der Waals surface area contributed by atoms with Crippen molar-refractivity contribution in [2.45, 2.75) is 45.4 Å². The van der Waals surface area contributed by atoms with Gasteiger partial charge >= 0.3 is 5.97 Å². The molecule has 0 atom stereocenters. The van der Waals surface area contributed by atoms with Crippen LogP contribution in [0.15, 0.2) is 12.4 Å². The Morgan fingerprint density at radius 3 is 2.53 bits per heavy atom. The van der Waals surface area contributed by atoms with E-state index < -0.39 is 5.97 Å². The average molecular weight is 265 g/mol. The van der Waals surface area contributed by atoms with Crippen LogP contribution in [0.2, 0.25) is 0 Å². The van der Waals surface area contributed by atoms with Gasteiger partial charge in [-0.25, -0.2) is 14.8 Å². The van der Waals surface area contributed by atoms with Gasteiger partial charge in [-0.15, -0.1) is 0 Å². The molecule has 1 heterocycles. The number of unbranched alkanes of at least 4 members (excludes halogenated alkanes) is 4. The summed E-state index contributed by atoms with van der Waals surface area (Å²) in [5.41, 5.74) is -0.234. The van der Waals surface area contributed by atoms with Crippen molar-refractivity contribution in [1.82, 2.24) is 9.97 Å². The lowest BCUT2D eigenvalue weighted by atomic mass is 10.1. The molecular formula is C13H19N3O3. The molecule has 1 aromatic heterocycles. The summed E-state index contributed by atoms with van der Waals surface area (Å²) in [6.45, 7) is 2.13. The molecule has 0 aliphatic rings. The highest BCUT2D eigenvalue weighted by molar-refractivity contribution is 5.97. The number of hydrogen-bond donors (Lipinski definition) is 2. The lowest BCUT2D eigenvalue weighted by Gasteiger charge is -2.06. The molecule has 1 aromatic rings. The number of rotatable bonds is 8. The van der Waals surface area contributed by atoms with Gasteiger partial charge < -0.3 is 10.4 Å². The quantitative estimate of drug-likeness (QED) is 0.704. The summed E-state index contributed by atoms with van der Waals surface area (Å²) >= 11 is 0. The molecule has 0 radical (unpaired) electrons. The summed E-state index contributed by atoms with van der Waals surface area (Å²) < 4.78 is 0. The number of nitrogens with zero attached hydrogens (tertiary/aromatic N) is 2. The normalized spacial score (nSPS) is 10.2. The second-order valence-corrected chi connectivity index (χ2v) is 4.27. The molecule has 0 saturated heterocycles. The smallest absolute Gasteiger partial charge is 0.358 e. The van der Waals surface area contributed by atoms with Gasteiger partial charge in [0.05, 0.1) is 0 Å². The molecule has 1 amide bonds. The van der Waals surface area contributed by atoms with Gasteiger partial charge in [0.25, 0.3) is 0 Å². The molecule has 1 rings (SSSR count). The number of hydrogen-bond acceptors (Lipinski definition) is 4. The third-order valence-electron chi connectivity index (χ3n) is 2.67. The number of carboxylic acids is 1. The number of carboxylic acid groups (broad SMARTS) is 1. The minimum atomic E-state index is -1.20. The molecule has 0 unspecified atom stereocenters. The van der Waals surface area contributed by atoms with Crippen molar-refractivity contribution >= 4 is 17.7 Å². The first kappa shape index (κ1) is 15.1. The van der Waals surface area contributed by atoms with Crippen LogP contribution in [0.3, 0.4) is 0 Å². The standard InChI is InChI=1S/C13H19N3O3/c1-2-3-4-5-6-7-10(17)16-12-11(13(18)19)14-8-9-15-12/h8-9H,2-7H2,1H3,(H,18,19)(H,15,16,17). The fourth-order valence-corrected chi connectivity index (χ4v) is 1.67. The second-order valence-electron chi connectivity index (χ2n) is 4.27. The Morgan fingerprint density at radius 1 is 1.16 bits per heavy atom. The summed E-state index contributed by atoms with van der Waals surface area (Å²) in [5, 5.41) is 11.4. The minimum absolute atomic E-state index is 0.00792. The number of aromatic carboxylic acids is 1. The van der Waals surface area contributed by atoms with Crippen molar-refractivity contribution in [2.24, 2.45) is 0 Å². The Kier molecular flexibility index (Phi) is 6.49. The second kappa shape index (κ2) is 8.18. The third kappa shape index (κ3) is 5.46. The van der Waals surface area contributed by atoms with E-state index in [1.165, 1.54) is 18.8 Å². The van der Waals surface area contributed by atoms with Crippen molar-refractivity contribution in [1.29, 1.82) is 0 Å². The van der Waals surface area contributed by atoms with E-state index >= 15 is 0 Å². The topological polar surface area (TPSA) is 92.2 Å². The highest BCUT2D eigenvalue weighted by atomic mass is 16.4. The first-order chi connectivity index (χ1) is 9.15. The fourth-order valence-electron chi connectivity index (χ4n) is 1.67. The van der Waals surface area contributed by atoms with Crippen LogP contribution in [-0.4, -0.2) is 27.0 Å². The number of aromatic nitrogens is 2. The summed E-state index contributed by atoms with van der Waals surface area (Å²) in [6.07, 6.45) is 8.27. The van der Waals surface area contributed by atoms with E-state index in [1.807, 2.05) is 0 Å². The van der Waals surface area contributed by atoms with E-state index in [4.69, 9.17) is 5.11 Å². The molecule has 0 spiro atoms. The van der Waals surface area contributed by atoms with Crippen molar-refractivity contribution < 1.29 is 14.7 Å². The molecule has 19 heavy (non-hydrogen) atoms. The van der Waals surface area contributed by atoms with Gasteiger partial charge in [0.1, 0.15) is 0 Å². The van der Waals surface area contributed by atoms with E-state index in [9.17, 15) is 9.59 Å². The van der Waals surface area contributed by atoms with E-state index in [0.717, 1.165) is 25.7 Å². The largest absolute Gasteiger partial charge is 0.476 e. The summed E-state index contributed by atoms with van der Waals surface area (Å²) in [6, 6.07) is 0. The number of amides is 1. The zero-order valence-corrected chi connectivity index (χ0v) is 11.1. The van der Waals surface area contributed by atoms with Gasteiger partial charge in [0.15, 0.2) is 11.5 Å². The molecule has 6 nitrogen and oxygen atoms in total. The van der Waals surface area contributed by atoms with Crippen molar-refractivity contribution in [2.75, 3.05) is 5.32 Å². The Balaban J connectivity index is 2.42.